The minimum absolute atomic E-state index is 0.0651. The van der Waals surface area contributed by atoms with Crippen molar-refractivity contribution in [3.8, 4) is 0 Å². The van der Waals surface area contributed by atoms with Crippen molar-refractivity contribution < 1.29 is 4.79 Å². The molecule has 0 fully saturated rings. The number of anilines is 1. The van der Waals surface area contributed by atoms with Gasteiger partial charge < -0.3 is 11.1 Å². The van der Waals surface area contributed by atoms with Crippen molar-refractivity contribution in [2.45, 2.75) is 40.2 Å². The Morgan fingerprint density at radius 3 is 2.35 bits per heavy atom. The number of benzene rings is 1. The van der Waals surface area contributed by atoms with Crippen molar-refractivity contribution in [2.24, 2.45) is 0 Å². The Balaban J connectivity index is 2.78. The van der Waals surface area contributed by atoms with Crippen LogP contribution >= 0.6 is 0 Å². The largest absolute Gasteiger partial charge is 0.398 e. The van der Waals surface area contributed by atoms with Gasteiger partial charge in [0.15, 0.2) is 0 Å². The first-order valence-corrected chi connectivity index (χ1v) is 7.51. The number of carbonyl (C=O) groups excluding carboxylic acids is 1. The number of nitrogen functional groups attached to an aromatic ring is 1. The molecule has 0 saturated heterocycles. The summed E-state index contributed by atoms with van der Waals surface area (Å²) in [7, 11) is 0. The van der Waals surface area contributed by atoms with Gasteiger partial charge in [0, 0.05) is 24.3 Å². The van der Waals surface area contributed by atoms with Gasteiger partial charge in [-0.05, 0) is 50.6 Å². The van der Waals surface area contributed by atoms with E-state index < -0.39 is 0 Å². The highest BCUT2D eigenvalue weighted by Crippen LogP contribution is 2.17. The van der Waals surface area contributed by atoms with Crippen LogP contribution in [0.2, 0.25) is 0 Å². The molecule has 0 saturated carbocycles. The molecule has 112 valence electrons. The fourth-order valence-electron chi connectivity index (χ4n) is 2.29. The molecule has 0 unspecified atom stereocenters. The van der Waals surface area contributed by atoms with Gasteiger partial charge in [0.2, 0.25) is 0 Å². The molecule has 4 nitrogen and oxygen atoms in total. The van der Waals surface area contributed by atoms with E-state index in [4.69, 9.17) is 5.73 Å². The Kier molecular flexibility index (Phi) is 7.09. The zero-order chi connectivity index (χ0) is 15.0. The molecule has 0 heterocycles. The zero-order valence-electron chi connectivity index (χ0n) is 12.9. The van der Waals surface area contributed by atoms with Crippen LogP contribution in [0.15, 0.2) is 18.2 Å². The number of hydrogen-bond acceptors (Lipinski definition) is 3. The van der Waals surface area contributed by atoms with E-state index >= 15 is 0 Å². The van der Waals surface area contributed by atoms with E-state index in [1.54, 1.807) is 6.07 Å². The van der Waals surface area contributed by atoms with Gasteiger partial charge in [-0.1, -0.05) is 19.9 Å². The van der Waals surface area contributed by atoms with Crippen molar-refractivity contribution in [3.05, 3.63) is 29.3 Å². The first-order chi connectivity index (χ1) is 9.62. The highest BCUT2D eigenvalue weighted by atomic mass is 16.1. The number of carbonyl (C=O) groups is 1. The quantitative estimate of drug-likeness (QED) is 0.718. The zero-order valence-corrected chi connectivity index (χ0v) is 12.9. The van der Waals surface area contributed by atoms with Gasteiger partial charge in [0.25, 0.3) is 5.91 Å². The minimum atomic E-state index is -0.0651. The van der Waals surface area contributed by atoms with E-state index in [9.17, 15) is 4.79 Å². The highest BCUT2D eigenvalue weighted by Gasteiger charge is 2.10. The van der Waals surface area contributed by atoms with Gasteiger partial charge in [-0.3, -0.25) is 9.69 Å². The monoisotopic (exact) mass is 277 g/mol. The third kappa shape index (κ3) is 4.85. The standard InChI is InChI=1S/C16H27N3O/c1-4-9-19(10-5-2)12-14-8-7-13(11-15(14)17)16(20)18-6-3/h7-8,11H,4-6,9-10,12,17H2,1-3H3,(H,18,20). The Hall–Kier alpha value is -1.55. The van der Waals surface area contributed by atoms with Crippen LogP contribution in [-0.2, 0) is 6.54 Å². The van der Waals surface area contributed by atoms with Gasteiger partial charge in [-0.25, -0.2) is 0 Å². The lowest BCUT2D eigenvalue weighted by Crippen LogP contribution is -2.26. The molecule has 0 bridgehead atoms. The van der Waals surface area contributed by atoms with E-state index in [-0.39, 0.29) is 5.91 Å². The van der Waals surface area contributed by atoms with Crippen molar-refractivity contribution >= 4 is 11.6 Å². The first kappa shape index (κ1) is 16.5. The Morgan fingerprint density at radius 2 is 1.85 bits per heavy atom. The Bertz CT molecular complexity index is 426. The molecule has 1 amide bonds. The number of nitrogens with one attached hydrogen (secondary N) is 1. The lowest BCUT2D eigenvalue weighted by Gasteiger charge is -2.22. The Morgan fingerprint density at radius 1 is 1.20 bits per heavy atom. The second-order valence-corrected chi connectivity index (χ2v) is 5.05. The van der Waals surface area contributed by atoms with Crippen LogP contribution in [0, 0.1) is 0 Å². The summed E-state index contributed by atoms with van der Waals surface area (Å²) in [5.41, 5.74) is 8.52. The predicted octanol–water partition coefficient (Wildman–Crippen LogP) is 2.64. The normalized spacial score (nSPS) is 10.8. The fourth-order valence-corrected chi connectivity index (χ4v) is 2.29. The average molecular weight is 277 g/mol. The summed E-state index contributed by atoms with van der Waals surface area (Å²) in [4.78, 5) is 14.2. The Labute approximate surface area is 122 Å². The summed E-state index contributed by atoms with van der Waals surface area (Å²) < 4.78 is 0. The van der Waals surface area contributed by atoms with Crippen molar-refractivity contribution in [1.82, 2.24) is 10.2 Å². The van der Waals surface area contributed by atoms with Crippen LogP contribution in [-0.4, -0.2) is 30.4 Å². The summed E-state index contributed by atoms with van der Waals surface area (Å²) >= 11 is 0. The molecular weight excluding hydrogens is 250 g/mol. The molecule has 1 aromatic carbocycles. The fraction of sp³-hybridized carbons (Fsp3) is 0.562. The first-order valence-electron chi connectivity index (χ1n) is 7.51. The van der Waals surface area contributed by atoms with Crippen molar-refractivity contribution in [1.29, 1.82) is 0 Å². The van der Waals surface area contributed by atoms with E-state index in [1.807, 2.05) is 19.1 Å². The van der Waals surface area contributed by atoms with Crippen LogP contribution < -0.4 is 11.1 Å². The van der Waals surface area contributed by atoms with E-state index in [0.29, 0.717) is 17.8 Å². The molecule has 0 radical (unpaired) electrons. The molecule has 0 aliphatic rings. The molecule has 1 aromatic rings. The van der Waals surface area contributed by atoms with Gasteiger partial charge in [-0.2, -0.15) is 0 Å². The maximum atomic E-state index is 11.8. The van der Waals surface area contributed by atoms with E-state index in [0.717, 1.165) is 38.0 Å². The number of hydrogen-bond donors (Lipinski definition) is 2. The van der Waals surface area contributed by atoms with E-state index in [2.05, 4.69) is 24.1 Å². The van der Waals surface area contributed by atoms with Crippen LogP contribution in [0.25, 0.3) is 0 Å². The topological polar surface area (TPSA) is 58.4 Å². The molecule has 0 aliphatic carbocycles. The summed E-state index contributed by atoms with van der Waals surface area (Å²) in [6.07, 6.45) is 2.27. The summed E-state index contributed by atoms with van der Waals surface area (Å²) in [5.74, 6) is -0.0651. The molecule has 0 aliphatic heterocycles. The molecule has 4 heteroatoms. The number of rotatable bonds is 8. The lowest BCUT2D eigenvalue weighted by atomic mass is 10.1. The SMILES string of the molecule is CCCN(CCC)Cc1ccc(C(=O)NCC)cc1N. The van der Waals surface area contributed by atoms with E-state index in [1.165, 1.54) is 0 Å². The van der Waals surface area contributed by atoms with Gasteiger partial charge in [0.05, 0.1) is 0 Å². The van der Waals surface area contributed by atoms with Crippen LogP contribution in [0.1, 0.15) is 49.5 Å². The second kappa shape index (κ2) is 8.59. The highest BCUT2D eigenvalue weighted by molar-refractivity contribution is 5.95. The molecule has 3 N–H and O–H groups in total. The maximum Gasteiger partial charge on any atom is 0.251 e. The van der Waals surface area contributed by atoms with Gasteiger partial charge in [-0.15, -0.1) is 0 Å². The van der Waals surface area contributed by atoms with Crippen molar-refractivity contribution in [3.63, 3.8) is 0 Å². The molecule has 0 aromatic heterocycles. The van der Waals surface area contributed by atoms with Gasteiger partial charge >= 0.3 is 0 Å². The second-order valence-electron chi connectivity index (χ2n) is 5.05. The number of nitrogens with two attached hydrogens (primary N) is 1. The average Bonchev–Trinajstić information content (AvgIpc) is 2.42. The number of nitrogens with zero attached hydrogens (tertiary/aromatic N) is 1. The molecule has 1 rings (SSSR count). The lowest BCUT2D eigenvalue weighted by molar-refractivity contribution is 0.0956. The third-order valence-corrected chi connectivity index (χ3v) is 3.22. The molecule has 0 atom stereocenters. The summed E-state index contributed by atoms with van der Waals surface area (Å²) in [6.45, 7) is 9.90. The smallest absolute Gasteiger partial charge is 0.251 e. The third-order valence-electron chi connectivity index (χ3n) is 3.22. The molecular formula is C16H27N3O. The summed E-state index contributed by atoms with van der Waals surface area (Å²) in [6, 6.07) is 5.60. The van der Waals surface area contributed by atoms with Crippen LogP contribution in [0.4, 0.5) is 5.69 Å². The molecule has 20 heavy (non-hydrogen) atoms. The predicted molar refractivity (Wildman–Crippen MR) is 84.7 cm³/mol. The minimum Gasteiger partial charge on any atom is -0.398 e. The molecule has 0 spiro atoms. The van der Waals surface area contributed by atoms with Crippen LogP contribution in [0.5, 0.6) is 0 Å². The number of amides is 1. The van der Waals surface area contributed by atoms with Crippen LogP contribution in [0.3, 0.4) is 0 Å². The van der Waals surface area contributed by atoms with Gasteiger partial charge in [0.1, 0.15) is 0 Å². The summed E-state index contributed by atoms with van der Waals surface area (Å²) in [5, 5.41) is 2.78. The van der Waals surface area contributed by atoms with Crippen molar-refractivity contribution in [2.75, 3.05) is 25.4 Å². The maximum absolute atomic E-state index is 11.8.